The highest BCUT2D eigenvalue weighted by atomic mass is 79.9. The summed E-state index contributed by atoms with van der Waals surface area (Å²) >= 11 is 3.49. The number of hydrogen-bond acceptors (Lipinski definition) is 3. The maximum atomic E-state index is 11.0. The first-order chi connectivity index (χ1) is 7.95. The average molecular weight is 301 g/mol. The van der Waals surface area contributed by atoms with E-state index in [0.29, 0.717) is 5.92 Å². The fraction of sp³-hybridized carbons (Fsp3) is 0.417. The molecule has 0 atom stereocenters. The number of hydrazine groups is 1. The molecule has 0 aliphatic carbocycles. The average Bonchev–Trinajstić information content (AvgIpc) is 2.29. The Hall–Kier alpha value is -1.07. The van der Waals surface area contributed by atoms with Gasteiger partial charge in [-0.1, -0.05) is 29.8 Å². The van der Waals surface area contributed by atoms with Crippen molar-refractivity contribution in [2.45, 2.75) is 26.7 Å². The Morgan fingerprint density at radius 1 is 1.53 bits per heavy atom. The number of hydrogen-bond donors (Lipinski definition) is 2. The number of amides is 1. The van der Waals surface area contributed by atoms with Crippen molar-refractivity contribution in [3.63, 3.8) is 0 Å². The van der Waals surface area contributed by atoms with Crippen LogP contribution in [0.1, 0.15) is 30.9 Å². The smallest absolute Gasteiger partial charge is 0.271 e. The summed E-state index contributed by atoms with van der Waals surface area (Å²) in [5.41, 5.74) is 4.17. The van der Waals surface area contributed by atoms with Crippen molar-refractivity contribution in [2.75, 3.05) is 6.61 Å². The summed E-state index contributed by atoms with van der Waals surface area (Å²) in [6.07, 6.45) is 0. The molecule has 0 radical (unpaired) electrons. The van der Waals surface area contributed by atoms with Gasteiger partial charge >= 0.3 is 0 Å². The number of nitrogens with two attached hydrogens (primary N) is 1. The summed E-state index contributed by atoms with van der Waals surface area (Å²) in [7, 11) is 0. The first-order valence-electron chi connectivity index (χ1n) is 5.38. The van der Waals surface area contributed by atoms with Crippen LogP contribution in [-0.2, 0) is 4.79 Å². The third-order valence-electron chi connectivity index (χ3n) is 2.43. The zero-order valence-corrected chi connectivity index (χ0v) is 11.8. The molecule has 0 spiro atoms. The quantitative estimate of drug-likeness (QED) is 0.509. The molecule has 0 aliphatic heterocycles. The van der Waals surface area contributed by atoms with Crippen LogP contribution in [0.15, 0.2) is 16.6 Å². The Morgan fingerprint density at radius 2 is 2.18 bits per heavy atom. The van der Waals surface area contributed by atoms with Gasteiger partial charge in [0.1, 0.15) is 5.75 Å². The molecule has 17 heavy (non-hydrogen) atoms. The zero-order chi connectivity index (χ0) is 13.0. The van der Waals surface area contributed by atoms with Crippen molar-refractivity contribution in [1.82, 2.24) is 5.43 Å². The number of aryl methyl sites for hydroxylation is 1. The normalized spacial score (nSPS) is 10.5. The molecule has 4 nitrogen and oxygen atoms in total. The van der Waals surface area contributed by atoms with E-state index in [1.807, 2.05) is 24.5 Å². The minimum atomic E-state index is -0.347. The van der Waals surface area contributed by atoms with E-state index < -0.39 is 0 Å². The second-order valence-electron chi connectivity index (χ2n) is 4.15. The fourth-order valence-electron chi connectivity index (χ4n) is 1.43. The van der Waals surface area contributed by atoms with Gasteiger partial charge in [0, 0.05) is 4.47 Å². The minimum absolute atomic E-state index is 0.0721. The van der Waals surface area contributed by atoms with Gasteiger partial charge in [0.05, 0.1) is 0 Å². The van der Waals surface area contributed by atoms with Crippen LogP contribution in [-0.4, -0.2) is 12.5 Å². The molecule has 1 aromatic rings. The third-order valence-corrected chi connectivity index (χ3v) is 3.29. The molecule has 1 aromatic carbocycles. The van der Waals surface area contributed by atoms with Gasteiger partial charge in [-0.05, 0) is 36.1 Å². The number of benzene rings is 1. The second kappa shape index (κ2) is 6.02. The summed E-state index contributed by atoms with van der Waals surface area (Å²) in [6, 6.07) is 3.94. The summed E-state index contributed by atoms with van der Waals surface area (Å²) in [5, 5.41) is 0. The maximum absolute atomic E-state index is 11.0. The van der Waals surface area contributed by atoms with Gasteiger partial charge in [-0.3, -0.25) is 10.2 Å². The largest absolute Gasteiger partial charge is 0.483 e. The molecule has 1 amide bonds. The molecule has 0 fully saturated rings. The highest BCUT2D eigenvalue weighted by Gasteiger charge is 2.12. The van der Waals surface area contributed by atoms with E-state index in [0.717, 1.165) is 21.3 Å². The maximum Gasteiger partial charge on any atom is 0.271 e. The minimum Gasteiger partial charge on any atom is -0.483 e. The van der Waals surface area contributed by atoms with Crippen LogP contribution in [0.3, 0.4) is 0 Å². The summed E-state index contributed by atoms with van der Waals surface area (Å²) in [5.74, 6) is 5.70. The molecule has 5 heteroatoms. The molecule has 3 N–H and O–H groups in total. The SMILES string of the molecule is Cc1cc(OCC(=O)NN)c(C(C)C)cc1Br. The van der Waals surface area contributed by atoms with E-state index in [1.54, 1.807) is 0 Å². The standard InChI is InChI=1S/C12H17BrN2O2/c1-7(2)9-5-10(13)8(3)4-11(9)17-6-12(16)15-14/h4-5,7H,6,14H2,1-3H3,(H,15,16). The van der Waals surface area contributed by atoms with Gasteiger partial charge < -0.3 is 4.74 Å². The monoisotopic (exact) mass is 300 g/mol. The zero-order valence-electron chi connectivity index (χ0n) is 10.2. The van der Waals surface area contributed by atoms with Crippen LogP contribution in [0.5, 0.6) is 5.75 Å². The molecule has 94 valence electrons. The third kappa shape index (κ3) is 3.71. The number of carbonyl (C=O) groups excluding carboxylic acids is 1. The molecule has 0 aliphatic rings. The first-order valence-corrected chi connectivity index (χ1v) is 6.17. The predicted molar refractivity (Wildman–Crippen MR) is 70.8 cm³/mol. The molecule has 0 saturated carbocycles. The lowest BCUT2D eigenvalue weighted by atomic mass is 10.0. The molecular weight excluding hydrogens is 284 g/mol. The number of ether oxygens (including phenoxy) is 1. The van der Waals surface area contributed by atoms with Gasteiger partial charge in [0.25, 0.3) is 5.91 Å². The lowest BCUT2D eigenvalue weighted by Gasteiger charge is -2.15. The number of nitrogens with one attached hydrogen (secondary N) is 1. The number of rotatable bonds is 4. The lowest BCUT2D eigenvalue weighted by molar-refractivity contribution is -0.123. The lowest BCUT2D eigenvalue weighted by Crippen LogP contribution is -2.34. The fourth-order valence-corrected chi connectivity index (χ4v) is 1.79. The van der Waals surface area contributed by atoms with E-state index in [1.165, 1.54) is 0 Å². The Morgan fingerprint density at radius 3 is 2.71 bits per heavy atom. The van der Waals surface area contributed by atoms with E-state index in [9.17, 15) is 4.79 Å². The van der Waals surface area contributed by atoms with Crippen LogP contribution in [0.2, 0.25) is 0 Å². The second-order valence-corrected chi connectivity index (χ2v) is 5.00. The van der Waals surface area contributed by atoms with E-state index in [-0.39, 0.29) is 12.5 Å². The van der Waals surface area contributed by atoms with Gasteiger partial charge in [-0.2, -0.15) is 0 Å². The van der Waals surface area contributed by atoms with Crippen molar-refractivity contribution in [3.8, 4) is 5.75 Å². The number of carbonyl (C=O) groups is 1. The molecule has 0 unspecified atom stereocenters. The Bertz CT molecular complexity index is 419. The molecule has 0 aromatic heterocycles. The topological polar surface area (TPSA) is 64.3 Å². The van der Waals surface area contributed by atoms with Crippen LogP contribution in [0, 0.1) is 6.92 Å². The summed E-state index contributed by atoms with van der Waals surface area (Å²) in [4.78, 5) is 11.0. The molecule has 1 rings (SSSR count). The van der Waals surface area contributed by atoms with Crippen LogP contribution in [0.4, 0.5) is 0 Å². The summed E-state index contributed by atoms with van der Waals surface area (Å²) in [6.45, 7) is 6.06. The van der Waals surface area contributed by atoms with Crippen molar-refractivity contribution in [2.24, 2.45) is 5.84 Å². The highest BCUT2D eigenvalue weighted by Crippen LogP contribution is 2.32. The van der Waals surface area contributed by atoms with Crippen molar-refractivity contribution in [3.05, 3.63) is 27.7 Å². The van der Waals surface area contributed by atoms with E-state index >= 15 is 0 Å². The van der Waals surface area contributed by atoms with Crippen LogP contribution >= 0.6 is 15.9 Å². The van der Waals surface area contributed by atoms with Gasteiger partial charge in [-0.25, -0.2) is 5.84 Å². The van der Waals surface area contributed by atoms with Gasteiger partial charge in [0.2, 0.25) is 0 Å². The Labute approximate surface area is 110 Å². The van der Waals surface area contributed by atoms with Crippen molar-refractivity contribution in [1.29, 1.82) is 0 Å². The first kappa shape index (κ1) is 14.0. The van der Waals surface area contributed by atoms with Gasteiger partial charge in [0.15, 0.2) is 6.61 Å². The number of halogens is 1. The van der Waals surface area contributed by atoms with Gasteiger partial charge in [-0.15, -0.1) is 0 Å². The Balaban J connectivity index is 2.96. The van der Waals surface area contributed by atoms with E-state index in [2.05, 4.69) is 29.8 Å². The molecule has 0 saturated heterocycles. The van der Waals surface area contributed by atoms with E-state index in [4.69, 9.17) is 10.6 Å². The summed E-state index contributed by atoms with van der Waals surface area (Å²) < 4.78 is 6.51. The van der Waals surface area contributed by atoms with Crippen molar-refractivity contribution < 1.29 is 9.53 Å². The highest BCUT2D eigenvalue weighted by molar-refractivity contribution is 9.10. The van der Waals surface area contributed by atoms with Crippen LogP contribution in [0.25, 0.3) is 0 Å². The van der Waals surface area contributed by atoms with Crippen LogP contribution < -0.4 is 16.0 Å². The molecule has 0 heterocycles. The molecule has 0 bridgehead atoms. The van der Waals surface area contributed by atoms with Crippen molar-refractivity contribution >= 4 is 21.8 Å². The predicted octanol–water partition coefficient (Wildman–Crippen LogP) is 2.25. The molecular formula is C12H17BrN2O2. The Kier molecular flexibility index (Phi) is 4.96.